The smallest absolute Gasteiger partial charge is 0.286 e. The van der Waals surface area contributed by atoms with Gasteiger partial charge in [-0.25, -0.2) is 0 Å². The number of nitrogens with zero attached hydrogens (tertiary/aromatic N) is 1. The fourth-order valence-electron chi connectivity index (χ4n) is 0.242. The zero-order chi connectivity index (χ0) is 4.41. The second-order valence-electron chi connectivity index (χ2n) is 0.939. The van der Waals surface area contributed by atoms with Gasteiger partial charge in [-0.05, 0) is 0 Å². The van der Waals surface area contributed by atoms with Crippen molar-refractivity contribution in [2.75, 3.05) is 6.61 Å². The van der Waals surface area contributed by atoms with E-state index in [2.05, 4.69) is 9.73 Å². The molecule has 0 spiro atoms. The van der Waals surface area contributed by atoms with Crippen molar-refractivity contribution in [3.05, 3.63) is 0 Å². The first-order chi connectivity index (χ1) is 2.89. The zero-order valence-corrected chi connectivity index (χ0v) is 5.50. The summed E-state index contributed by atoms with van der Waals surface area (Å²) < 4.78 is 4.42. The molecule has 1 aliphatic heterocycles. The van der Waals surface area contributed by atoms with Gasteiger partial charge in [-0.15, -0.1) is 24.8 Å². The van der Waals surface area contributed by atoms with E-state index in [1.54, 1.807) is 0 Å². The topological polar surface area (TPSA) is 38.7 Å². The number of aliphatic imine (C=N–C) groups is 1. The van der Waals surface area contributed by atoms with Crippen molar-refractivity contribution >= 4 is 37.1 Å². The van der Waals surface area contributed by atoms with Gasteiger partial charge in [-0.2, -0.15) is 4.99 Å². The van der Waals surface area contributed by atoms with Crippen LogP contribution < -0.4 is 0 Å². The van der Waals surface area contributed by atoms with E-state index in [4.69, 9.17) is 0 Å². The number of carbonyl (C=O) groups excluding carboxylic acids is 1. The highest BCUT2D eigenvalue weighted by Gasteiger charge is 2.01. The summed E-state index contributed by atoms with van der Waals surface area (Å²) in [4.78, 5) is 13.2. The molecule has 3 nitrogen and oxygen atoms in total. The molecule has 5 heteroatoms. The van der Waals surface area contributed by atoms with Crippen LogP contribution in [0.3, 0.4) is 0 Å². The molecular weight excluding hydrogens is 153 g/mol. The van der Waals surface area contributed by atoms with Gasteiger partial charge in [0, 0.05) is 0 Å². The van der Waals surface area contributed by atoms with Crippen LogP contribution >= 0.6 is 24.8 Å². The Morgan fingerprint density at radius 1 is 1.62 bits per heavy atom. The standard InChI is InChI=1S/C3H3NO2.2ClH/c5-3-1-6-2-4-3;;/h2H,1H2;2*1H. The maximum absolute atomic E-state index is 9.92. The van der Waals surface area contributed by atoms with Gasteiger partial charge in [-0.1, -0.05) is 0 Å². The minimum absolute atomic E-state index is 0. The highest BCUT2D eigenvalue weighted by atomic mass is 35.5. The van der Waals surface area contributed by atoms with E-state index < -0.39 is 0 Å². The average molecular weight is 158 g/mol. The zero-order valence-electron chi connectivity index (χ0n) is 3.86. The van der Waals surface area contributed by atoms with Gasteiger partial charge >= 0.3 is 0 Å². The van der Waals surface area contributed by atoms with Crippen LogP contribution in [-0.2, 0) is 9.53 Å². The van der Waals surface area contributed by atoms with Gasteiger partial charge in [0.05, 0.1) is 0 Å². The van der Waals surface area contributed by atoms with Crippen LogP contribution in [0.2, 0.25) is 0 Å². The lowest BCUT2D eigenvalue weighted by molar-refractivity contribution is -0.118. The van der Waals surface area contributed by atoms with Gasteiger partial charge in [0.2, 0.25) is 0 Å². The van der Waals surface area contributed by atoms with Gasteiger partial charge in [0.25, 0.3) is 5.91 Å². The van der Waals surface area contributed by atoms with Crippen molar-refractivity contribution in [1.29, 1.82) is 0 Å². The molecule has 48 valence electrons. The second kappa shape index (κ2) is 4.87. The first-order valence-corrected chi connectivity index (χ1v) is 1.56. The Hall–Kier alpha value is -0.280. The van der Waals surface area contributed by atoms with Crippen molar-refractivity contribution in [1.82, 2.24) is 0 Å². The third-order valence-electron chi connectivity index (χ3n) is 0.478. The Bertz CT molecular complexity index is 103. The minimum atomic E-state index is -0.199. The van der Waals surface area contributed by atoms with Crippen molar-refractivity contribution in [2.45, 2.75) is 0 Å². The number of carbonyl (C=O) groups is 1. The molecule has 1 amide bonds. The maximum Gasteiger partial charge on any atom is 0.286 e. The van der Waals surface area contributed by atoms with Crippen molar-refractivity contribution in [3.63, 3.8) is 0 Å². The molecule has 0 fully saturated rings. The predicted octanol–water partition coefficient (Wildman–Crippen LogP) is 0.415. The summed E-state index contributed by atoms with van der Waals surface area (Å²) >= 11 is 0. The van der Waals surface area contributed by atoms with Crippen molar-refractivity contribution < 1.29 is 9.53 Å². The summed E-state index contributed by atoms with van der Waals surface area (Å²) in [6.07, 6.45) is 1.16. The Balaban J connectivity index is 0. The first-order valence-electron chi connectivity index (χ1n) is 1.56. The van der Waals surface area contributed by atoms with E-state index in [-0.39, 0.29) is 37.3 Å². The second-order valence-corrected chi connectivity index (χ2v) is 0.939. The predicted molar refractivity (Wildman–Crippen MR) is 33.9 cm³/mol. The SMILES string of the molecule is Cl.Cl.O=C1COC=N1. The molecule has 0 aromatic rings. The molecule has 8 heavy (non-hydrogen) atoms. The summed E-state index contributed by atoms with van der Waals surface area (Å²) in [5, 5.41) is 0. The van der Waals surface area contributed by atoms with Crippen LogP contribution in [0.25, 0.3) is 0 Å². The lowest BCUT2D eigenvalue weighted by Crippen LogP contribution is -1.92. The van der Waals surface area contributed by atoms with Crippen LogP contribution in [0.5, 0.6) is 0 Å². The molecule has 0 N–H and O–H groups in total. The number of ether oxygens (including phenoxy) is 1. The summed E-state index contributed by atoms with van der Waals surface area (Å²) in [6.45, 7) is 0.125. The van der Waals surface area contributed by atoms with Crippen LogP contribution in [0.1, 0.15) is 0 Å². The highest BCUT2D eigenvalue weighted by molar-refractivity contribution is 5.88. The van der Waals surface area contributed by atoms with E-state index in [0.29, 0.717) is 0 Å². The summed E-state index contributed by atoms with van der Waals surface area (Å²) in [6, 6.07) is 0. The van der Waals surface area contributed by atoms with Crippen molar-refractivity contribution in [3.8, 4) is 0 Å². The van der Waals surface area contributed by atoms with Crippen LogP contribution in [-0.4, -0.2) is 18.9 Å². The van der Waals surface area contributed by atoms with E-state index in [1.165, 1.54) is 0 Å². The third-order valence-corrected chi connectivity index (χ3v) is 0.478. The van der Waals surface area contributed by atoms with Gasteiger partial charge in [0.15, 0.2) is 13.0 Å². The Labute approximate surface area is 58.9 Å². The molecule has 0 radical (unpaired) electrons. The third kappa shape index (κ3) is 2.82. The molecule has 0 aromatic carbocycles. The lowest BCUT2D eigenvalue weighted by Gasteiger charge is -1.75. The molecule has 0 saturated carbocycles. The van der Waals surface area contributed by atoms with E-state index >= 15 is 0 Å². The number of hydrogen-bond acceptors (Lipinski definition) is 2. The summed E-state index contributed by atoms with van der Waals surface area (Å²) in [7, 11) is 0. The molecule has 0 aliphatic carbocycles. The van der Waals surface area contributed by atoms with E-state index in [1.807, 2.05) is 0 Å². The lowest BCUT2D eigenvalue weighted by atomic mass is 10.7. The van der Waals surface area contributed by atoms with Crippen LogP contribution in [0.15, 0.2) is 4.99 Å². The molecule has 1 heterocycles. The van der Waals surface area contributed by atoms with Gasteiger partial charge in [-0.3, -0.25) is 4.79 Å². The quantitative estimate of drug-likeness (QED) is 0.512. The van der Waals surface area contributed by atoms with Crippen molar-refractivity contribution in [2.24, 2.45) is 4.99 Å². The van der Waals surface area contributed by atoms with E-state index in [0.717, 1.165) is 6.40 Å². The molecular formula is C3H5Cl2NO2. The van der Waals surface area contributed by atoms with Crippen LogP contribution in [0, 0.1) is 0 Å². The van der Waals surface area contributed by atoms with E-state index in [9.17, 15) is 4.79 Å². The number of amides is 1. The first kappa shape index (κ1) is 10.7. The number of hydrogen-bond donors (Lipinski definition) is 0. The fourth-order valence-corrected chi connectivity index (χ4v) is 0.242. The minimum Gasteiger partial charge on any atom is -0.473 e. The molecule has 0 bridgehead atoms. The summed E-state index contributed by atoms with van der Waals surface area (Å²) in [5.41, 5.74) is 0. The molecule has 1 aliphatic rings. The Morgan fingerprint density at radius 2 is 2.25 bits per heavy atom. The Kier molecular flexibility index (Phi) is 6.48. The highest BCUT2D eigenvalue weighted by Crippen LogP contribution is 1.83. The van der Waals surface area contributed by atoms with Crippen LogP contribution in [0.4, 0.5) is 0 Å². The molecule has 0 aromatic heterocycles. The molecule has 1 rings (SSSR count). The number of halogens is 2. The molecule has 0 unspecified atom stereocenters. The fraction of sp³-hybridized carbons (Fsp3) is 0.333. The van der Waals surface area contributed by atoms with Gasteiger partial charge < -0.3 is 4.74 Å². The van der Waals surface area contributed by atoms with Gasteiger partial charge in [0.1, 0.15) is 0 Å². The molecule has 0 atom stereocenters. The number of rotatable bonds is 0. The average Bonchev–Trinajstić information content (AvgIpc) is 1.86. The molecule has 0 saturated heterocycles. The monoisotopic (exact) mass is 157 g/mol. The maximum atomic E-state index is 9.92. The Morgan fingerprint density at radius 3 is 2.38 bits per heavy atom. The summed E-state index contributed by atoms with van der Waals surface area (Å²) in [5.74, 6) is -0.199. The normalized spacial score (nSPS) is 13.8. The largest absolute Gasteiger partial charge is 0.473 e.